The van der Waals surface area contributed by atoms with Gasteiger partial charge in [-0.2, -0.15) is 0 Å². The zero-order valence-corrected chi connectivity index (χ0v) is 27.8. The number of hydrogen-bond acceptors (Lipinski definition) is 9. The van der Waals surface area contributed by atoms with E-state index in [-0.39, 0.29) is 61.2 Å². The van der Waals surface area contributed by atoms with Gasteiger partial charge in [-0.1, -0.05) is 81.4 Å². The molecule has 10 nitrogen and oxygen atoms in total. The van der Waals surface area contributed by atoms with E-state index in [4.69, 9.17) is 23.7 Å². The fraction of sp³-hybridized carbons (Fsp3) is 0.583. The molecule has 2 aromatic carbocycles. The van der Waals surface area contributed by atoms with Gasteiger partial charge >= 0.3 is 18.0 Å². The summed E-state index contributed by atoms with van der Waals surface area (Å²) in [6.45, 7) is 9.15. The van der Waals surface area contributed by atoms with Crippen LogP contribution in [0.25, 0.3) is 0 Å². The number of rotatable bonds is 14. The first-order chi connectivity index (χ1) is 22.1. The highest BCUT2D eigenvalue weighted by Gasteiger charge is 2.52. The van der Waals surface area contributed by atoms with Crippen molar-refractivity contribution in [3.63, 3.8) is 0 Å². The molecule has 2 fully saturated rings. The number of esters is 2. The zero-order chi connectivity index (χ0) is 33.1. The topological polar surface area (TPSA) is 113 Å². The van der Waals surface area contributed by atoms with Gasteiger partial charge < -0.3 is 33.9 Å². The molecule has 10 heteroatoms. The van der Waals surface area contributed by atoms with Gasteiger partial charge in [0.25, 0.3) is 5.79 Å². The van der Waals surface area contributed by atoms with E-state index in [0.29, 0.717) is 32.5 Å². The number of methoxy groups -OCH3 is 1. The van der Waals surface area contributed by atoms with Crippen molar-refractivity contribution < 1.29 is 38.1 Å². The van der Waals surface area contributed by atoms with E-state index in [1.54, 1.807) is 4.90 Å². The minimum Gasteiger partial charge on any atom is -0.465 e. The van der Waals surface area contributed by atoms with Gasteiger partial charge in [-0.25, -0.2) is 9.59 Å². The first kappa shape index (κ1) is 35.4. The maximum absolute atomic E-state index is 13.2. The average Bonchev–Trinajstić information content (AvgIpc) is 3.51. The number of hydrogen-bond donors (Lipinski definition) is 1. The second-order valence-corrected chi connectivity index (χ2v) is 12.8. The van der Waals surface area contributed by atoms with Crippen molar-refractivity contribution in [1.82, 2.24) is 10.2 Å². The maximum Gasteiger partial charge on any atom is 0.410 e. The van der Waals surface area contributed by atoms with Crippen LogP contribution in [0, 0.1) is 17.8 Å². The van der Waals surface area contributed by atoms with Crippen LogP contribution >= 0.6 is 0 Å². The summed E-state index contributed by atoms with van der Waals surface area (Å²) in [5, 5.41) is 3.66. The van der Waals surface area contributed by atoms with Gasteiger partial charge in [-0.05, 0) is 42.2 Å². The highest BCUT2D eigenvalue weighted by atomic mass is 16.7. The van der Waals surface area contributed by atoms with Gasteiger partial charge in [-0.3, -0.25) is 4.79 Å². The Kier molecular flexibility index (Phi) is 13.0. The van der Waals surface area contributed by atoms with E-state index in [9.17, 15) is 14.4 Å². The molecule has 2 aliphatic heterocycles. The number of amides is 1. The Morgan fingerprint density at radius 1 is 0.978 bits per heavy atom. The monoisotopic (exact) mass is 638 g/mol. The van der Waals surface area contributed by atoms with Crippen LogP contribution in [-0.4, -0.2) is 73.8 Å². The van der Waals surface area contributed by atoms with Crippen molar-refractivity contribution in [2.75, 3.05) is 26.9 Å². The van der Waals surface area contributed by atoms with Crippen molar-refractivity contribution >= 4 is 18.0 Å². The van der Waals surface area contributed by atoms with Crippen molar-refractivity contribution in [2.24, 2.45) is 17.8 Å². The molecule has 1 amide bonds. The molecule has 7 atom stereocenters. The molecule has 46 heavy (non-hydrogen) atoms. The summed E-state index contributed by atoms with van der Waals surface area (Å²) in [7, 11) is 1.34. The van der Waals surface area contributed by atoms with E-state index in [2.05, 4.69) is 19.2 Å². The highest BCUT2D eigenvalue weighted by molar-refractivity contribution is 5.78. The lowest BCUT2D eigenvalue weighted by Gasteiger charge is -2.46. The van der Waals surface area contributed by atoms with Crippen molar-refractivity contribution in [1.29, 1.82) is 0 Å². The molecule has 0 saturated carbocycles. The molecule has 4 rings (SSSR count). The SMILES string of the molecule is COC(=O)[C@@]1(OCCC2CCC(CN(Cc3ccccc3)C(=O)OCc3ccccc3)N2)CC(C)[C@@H](C)C([C@H](C)COC(C)=O)O1. The van der Waals surface area contributed by atoms with E-state index in [1.165, 1.54) is 14.0 Å². The zero-order valence-electron chi connectivity index (χ0n) is 27.8. The number of ether oxygens (including phenoxy) is 5. The molecular weight excluding hydrogens is 588 g/mol. The predicted molar refractivity (Wildman–Crippen MR) is 172 cm³/mol. The van der Waals surface area contributed by atoms with Crippen molar-refractivity contribution in [3.8, 4) is 0 Å². The molecule has 2 aromatic rings. The molecule has 2 saturated heterocycles. The molecule has 0 radical (unpaired) electrons. The second-order valence-electron chi connectivity index (χ2n) is 12.8. The molecule has 0 spiro atoms. The number of nitrogens with one attached hydrogen (secondary N) is 1. The summed E-state index contributed by atoms with van der Waals surface area (Å²) in [4.78, 5) is 39.5. The van der Waals surface area contributed by atoms with E-state index in [0.717, 1.165) is 24.0 Å². The van der Waals surface area contributed by atoms with Crippen LogP contribution in [0.3, 0.4) is 0 Å². The Hall–Kier alpha value is -3.47. The fourth-order valence-corrected chi connectivity index (χ4v) is 6.45. The molecule has 0 bridgehead atoms. The third kappa shape index (κ3) is 9.77. The van der Waals surface area contributed by atoms with Gasteiger partial charge in [-0.15, -0.1) is 0 Å². The minimum absolute atomic E-state index is 0.0888. The normalized spacial score (nSPS) is 26.6. The Bertz CT molecular complexity index is 1260. The summed E-state index contributed by atoms with van der Waals surface area (Å²) in [5.41, 5.74) is 1.97. The molecule has 0 aliphatic carbocycles. The van der Waals surface area contributed by atoms with Crippen LogP contribution in [-0.2, 0) is 46.4 Å². The van der Waals surface area contributed by atoms with E-state index >= 15 is 0 Å². The lowest BCUT2D eigenvalue weighted by molar-refractivity contribution is -0.303. The number of carbonyl (C=O) groups is 3. The predicted octanol–water partition coefficient (Wildman–Crippen LogP) is 5.48. The Morgan fingerprint density at radius 3 is 2.28 bits per heavy atom. The maximum atomic E-state index is 13.2. The summed E-state index contributed by atoms with van der Waals surface area (Å²) < 4.78 is 28.8. The van der Waals surface area contributed by atoms with Gasteiger partial charge in [0, 0.05) is 44.4 Å². The van der Waals surface area contributed by atoms with Crippen LogP contribution < -0.4 is 5.32 Å². The molecule has 0 aromatic heterocycles. The van der Waals surface area contributed by atoms with Crippen LogP contribution in [0.4, 0.5) is 4.79 Å². The molecule has 1 N–H and O–H groups in total. The standard InChI is InChI=1S/C36H50N2O8/c1-25-20-36(34(40)42-5,46-33(27(25)3)26(2)23-43-28(4)39)45-19-18-31-16-17-32(37-31)22-38(21-29-12-8-6-9-13-29)35(41)44-24-30-14-10-7-11-15-30/h6-15,25-27,31-33,37H,16-24H2,1-5H3/t25?,26-,27-,31?,32?,33?,36-/m1/s1. The molecule has 252 valence electrons. The Labute approximate surface area is 273 Å². The lowest BCUT2D eigenvalue weighted by atomic mass is 9.78. The number of carbonyl (C=O) groups excluding carboxylic acids is 3. The van der Waals surface area contributed by atoms with Crippen LogP contribution in [0.5, 0.6) is 0 Å². The quantitative estimate of drug-likeness (QED) is 0.212. The summed E-state index contributed by atoms with van der Waals surface area (Å²) >= 11 is 0. The van der Waals surface area contributed by atoms with Gasteiger partial charge in [0.05, 0.1) is 26.4 Å². The lowest BCUT2D eigenvalue weighted by Crippen LogP contribution is -2.57. The first-order valence-corrected chi connectivity index (χ1v) is 16.4. The Balaban J connectivity index is 1.34. The van der Waals surface area contributed by atoms with Gasteiger partial charge in [0.2, 0.25) is 0 Å². The van der Waals surface area contributed by atoms with E-state index < -0.39 is 11.8 Å². The summed E-state index contributed by atoms with van der Waals surface area (Å²) in [6, 6.07) is 19.8. The summed E-state index contributed by atoms with van der Waals surface area (Å²) in [5.74, 6) is -2.33. The third-order valence-electron chi connectivity index (χ3n) is 9.20. The minimum atomic E-state index is -1.52. The van der Waals surface area contributed by atoms with Crippen LogP contribution in [0.1, 0.15) is 64.5 Å². The second kappa shape index (κ2) is 16.9. The molecule has 2 heterocycles. The highest BCUT2D eigenvalue weighted by Crippen LogP contribution is 2.41. The van der Waals surface area contributed by atoms with Gasteiger partial charge in [0.15, 0.2) is 0 Å². The number of benzene rings is 2. The van der Waals surface area contributed by atoms with E-state index in [1.807, 2.05) is 67.6 Å². The molecule has 4 unspecified atom stereocenters. The third-order valence-corrected chi connectivity index (χ3v) is 9.20. The summed E-state index contributed by atoms with van der Waals surface area (Å²) in [6.07, 6.45) is 2.13. The number of nitrogens with zero attached hydrogens (tertiary/aromatic N) is 1. The fourth-order valence-electron chi connectivity index (χ4n) is 6.45. The smallest absolute Gasteiger partial charge is 0.410 e. The van der Waals surface area contributed by atoms with Gasteiger partial charge in [0.1, 0.15) is 6.61 Å². The molecule has 2 aliphatic rings. The van der Waals surface area contributed by atoms with Crippen LogP contribution in [0.15, 0.2) is 60.7 Å². The first-order valence-electron chi connectivity index (χ1n) is 16.4. The average molecular weight is 639 g/mol. The molecular formula is C36H50N2O8. The van der Waals surface area contributed by atoms with Crippen molar-refractivity contribution in [2.45, 2.75) is 90.5 Å². The Morgan fingerprint density at radius 2 is 1.63 bits per heavy atom. The van der Waals surface area contributed by atoms with Crippen LogP contribution in [0.2, 0.25) is 0 Å². The largest absolute Gasteiger partial charge is 0.465 e. The van der Waals surface area contributed by atoms with Crippen molar-refractivity contribution in [3.05, 3.63) is 71.8 Å².